The second-order valence-electron chi connectivity index (χ2n) is 6.52. The summed E-state index contributed by atoms with van der Waals surface area (Å²) in [5.41, 5.74) is 3.05. The molecule has 0 radical (unpaired) electrons. The summed E-state index contributed by atoms with van der Waals surface area (Å²) < 4.78 is 5.57. The molecule has 3 heteroatoms. The van der Waals surface area contributed by atoms with Crippen LogP contribution in [0.2, 0.25) is 0 Å². The molecule has 3 rings (SSSR count). The van der Waals surface area contributed by atoms with Crippen LogP contribution in [-0.2, 0) is 10.2 Å². The largest absolute Gasteiger partial charge is 0.387 e. The highest BCUT2D eigenvalue weighted by molar-refractivity contribution is 5.47. The van der Waals surface area contributed by atoms with Crippen LogP contribution in [0.3, 0.4) is 0 Å². The van der Waals surface area contributed by atoms with Crippen molar-refractivity contribution in [2.45, 2.75) is 24.4 Å². The molecular weight excluding hydrogens is 286 g/mol. The van der Waals surface area contributed by atoms with E-state index >= 15 is 0 Å². The van der Waals surface area contributed by atoms with E-state index in [9.17, 15) is 5.11 Å². The van der Waals surface area contributed by atoms with Gasteiger partial charge in [-0.3, -0.25) is 0 Å². The third kappa shape index (κ3) is 3.12. The highest BCUT2D eigenvalue weighted by atomic mass is 16.5. The molecule has 1 saturated heterocycles. The smallest absolute Gasteiger partial charge is 0.0888 e. The van der Waals surface area contributed by atoms with Gasteiger partial charge < -0.3 is 14.7 Å². The zero-order valence-corrected chi connectivity index (χ0v) is 13.9. The monoisotopic (exact) mass is 311 g/mol. The predicted molar refractivity (Wildman–Crippen MR) is 93.9 cm³/mol. The lowest BCUT2D eigenvalue weighted by molar-refractivity contribution is -0.0170. The topological polar surface area (TPSA) is 32.7 Å². The first-order valence-electron chi connectivity index (χ1n) is 8.22. The number of hydrogen-bond acceptors (Lipinski definition) is 3. The summed E-state index contributed by atoms with van der Waals surface area (Å²) in [5, 5.41) is 11.2. The third-order valence-corrected chi connectivity index (χ3v) is 4.98. The van der Waals surface area contributed by atoms with Gasteiger partial charge in [0.25, 0.3) is 0 Å². The zero-order valence-electron chi connectivity index (χ0n) is 13.9. The summed E-state index contributed by atoms with van der Waals surface area (Å²) in [7, 11) is 4.05. The molecule has 0 aromatic heterocycles. The average molecular weight is 311 g/mol. The molecule has 23 heavy (non-hydrogen) atoms. The number of ether oxygens (including phenoxy) is 1. The first kappa shape index (κ1) is 16.0. The lowest BCUT2D eigenvalue weighted by atomic mass is 9.68. The molecule has 1 atom stereocenters. The van der Waals surface area contributed by atoms with Crippen molar-refractivity contribution < 1.29 is 9.84 Å². The minimum absolute atomic E-state index is 0.265. The second-order valence-corrected chi connectivity index (χ2v) is 6.52. The van der Waals surface area contributed by atoms with Crippen LogP contribution in [0.5, 0.6) is 0 Å². The van der Waals surface area contributed by atoms with Gasteiger partial charge in [0, 0.05) is 38.4 Å². The number of aliphatic hydroxyl groups excluding tert-OH is 1. The Balaban J connectivity index is 1.96. The summed E-state index contributed by atoms with van der Waals surface area (Å²) in [4.78, 5) is 2.07. The highest BCUT2D eigenvalue weighted by Gasteiger charge is 2.41. The van der Waals surface area contributed by atoms with Crippen LogP contribution in [0.1, 0.15) is 30.1 Å². The Morgan fingerprint density at radius 2 is 1.57 bits per heavy atom. The van der Waals surface area contributed by atoms with E-state index in [4.69, 9.17) is 4.74 Å². The van der Waals surface area contributed by atoms with Gasteiger partial charge in [-0.2, -0.15) is 0 Å². The highest BCUT2D eigenvalue weighted by Crippen LogP contribution is 2.45. The Morgan fingerprint density at radius 3 is 2.13 bits per heavy atom. The molecule has 0 saturated carbocycles. The summed E-state index contributed by atoms with van der Waals surface area (Å²) in [6, 6.07) is 18.6. The first-order chi connectivity index (χ1) is 11.1. The van der Waals surface area contributed by atoms with Gasteiger partial charge in [-0.1, -0.05) is 42.5 Å². The van der Waals surface area contributed by atoms with Crippen molar-refractivity contribution >= 4 is 5.69 Å². The van der Waals surface area contributed by atoms with E-state index in [-0.39, 0.29) is 5.41 Å². The maximum atomic E-state index is 11.2. The van der Waals surface area contributed by atoms with E-state index < -0.39 is 6.10 Å². The fraction of sp³-hybridized carbons (Fsp3) is 0.400. The number of nitrogens with zero attached hydrogens (tertiary/aromatic N) is 1. The van der Waals surface area contributed by atoms with Gasteiger partial charge in [0.2, 0.25) is 0 Å². The van der Waals surface area contributed by atoms with Crippen molar-refractivity contribution in [1.82, 2.24) is 0 Å². The van der Waals surface area contributed by atoms with Crippen molar-refractivity contribution in [1.29, 1.82) is 0 Å². The lowest BCUT2D eigenvalue weighted by Gasteiger charge is -2.42. The summed E-state index contributed by atoms with van der Waals surface area (Å²) in [6.45, 7) is 1.39. The number of benzene rings is 2. The van der Waals surface area contributed by atoms with Crippen LogP contribution in [0.25, 0.3) is 0 Å². The van der Waals surface area contributed by atoms with E-state index in [0.717, 1.165) is 24.1 Å². The Kier molecular flexibility index (Phi) is 4.69. The second kappa shape index (κ2) is 6.73. The van der Waals surface area contributed by atoms with Crippen molar-refractivity contribution in [3.8, 4) is 0 Å². The molecular formula is C20H25NO2. The van der Waals surface area contributed by atoms with E-state index in [1.54, 1.807) is 0 Å². The van der Waals surface area contributed by atoms with Crippen molar-refractivity contribution in [2.24, 2.45) is 0 Å². The van der Waals surface area contributed by atoms with E-state index in [1.165, 1.54) is 5.56 Å². The van der Waals surface area contributed by atoms with Crippen LogP contribution in [0.15, 0.2) is 54.6 Å². The third-order valence-electron chi connectivity index (χ3n) is 4.98. The molecule has 1 N–H and O–H groups in total. The van der Waals surface area contributed by atoms with Crippen molar-refractivity contribution in [3.63, 3.8) is 0 Å². The standard InChI is InChI=1S/C20H25NO2/c1-21(2)18-10-8-16(9-11-18)19(22)20(12-14-23-15-13-20)17-6-4-3-5-7-17/h3-11,19,22H,12-15H2,1-2H3/t19-/m0/s1. The summed E-state index contributed by atoms with van der Waals surface area (Å²) >= 11 is 0. The maximum absolute atomic E-state index is 11.2. The predicted octanol–water partition coefficient (Wildman–Crippen LogP) is 3.53. The number of anilines is 1. The van der Waals surface area contributed by atoms with Crippen LogP contribution >= 0.6 is 0 Å². The van der Waals surface area contributed by atoms with Gasteiger partial charge in [-0.05, 0) is 36.1 Å². The van der Waals surface area contributed by atoms with Crippen LogP contribution in [-0.4, -0.2) is 32.4 Å². The van der Waals surface area contributed by atoms with Gasteiger partial charge in [-0.15, -0.1) is 0 Å². The SMILES string of the molecule is CN(C)c1ccc([C@H](O)C2(c3ccccc3)CCOCC2)cc1. The van der Waals surface area contributed by atoms with Crippen LogP contribution in [0.4, 0.5) is 5.69 Å². The fourth-order valence-electron chi connectivity index (χ4n) is 3.50. The van der Waals surface area contributed by atoms with Crippen molar-refractivity contribution in [3.05, 3.63) is 65.7 Å². The van der Waals surface area contributed by atoms with E-state index in [1.807, 2.05) is 32.3 Å². The zero-order chi connectivity index (χ0) is 16.3. The van der Waals surface area contributed by atoms with Crippen LogP contribution in [0, 0.1) is 0 Å². The molecule has 122 valence electrons. The van der Waals surface area contributed by atoms with E-state index in [0.29, 0.717) is 13.2 Å². The molecule has 1 heterocycles. The molecule has 3 nitrogen and oxygen atoms in total. The van der Waals surface area contributed by atoms with Gasteiger partial charge >= 0.3 is 0 Å². The summed E-state index contributed by atoms with van der Waals surface area (Å²) in [5.74, 6) is 0. The normalized spacial score (nSPS) is 18.4. The molecule has 2 aromatic rings. The molecule has 1 aliphatic heterocycles. The molecule has 0 aliphatic carbocycles. The average Bonchev–Trinajstić information content (AvgIpc) is 2.62. The summed E-state index contributed by atoms with van der Waals surface area (Å²) in [6.07, 6.45) is 1.16. The Labute approximate surface area is 138 Å². The number of aliphatic hydroxyl groups is 1. The molecule has 0 unspecified atom stereocenters. The quantitative estimate of drug-likeness (QED) is 0.937. The number of hydrogen-bond donors (Lipinski definition) is 1. The Bertz CT molecular complexity index is 616. The molecule has 2 aromatic carbocycles. The van der Waals surface area contributed by atoms with Gasteiger partial charge in [-0.25, -0.2) is 0 Å². The Morgan fingerprint density at radius 1 is 0.957 bits per heavy atom. The van der Waals surface area contributed by atoms with E-state index in [2.05, 4.69) is 41.3 Å². The van der Waals surface area contributed by atoms with Gasteiger partial charge in [0.05, 0.1) is 6.10 Å². The maximum Gasteiger partial charge on any atom is 0.0888 e. The fourth-order valence-corrected chi connectivity index (χ4v) is 3.50. The molecule has 0 bridgehead atoms. The number of rotatable bonds is 4. The Hall–Kier alpha value is -1.84. The minimum atomic E-state index is -0.523. The first-order valence-corrected chi connectivity index (χ1v) is 8.22. The molecule has 0 amide bonds. The molecule has 1 aliphatic rings. The molecule has 0 spiro atoms. The van der Waals surface area contributed by atoms with Gasteiger partial charge in [0.15, 0.2) is 0 Å². The van der Waals surface area contributed by atoms with Crippen LogP contribution < -0.4 is 4.90 Å². The minimum Gasteiger partial charge on any atom is -0.387 e. The van der Waals surface area contributed by atoms with Crippen molar-refractivity contribution in [2.75, 3.05) is 32.2 Å². The molecule has 1 fully saturated rings. The van der Waals surface area contributed by atoms with Gasteiger partial charge in [0.1, 0.15) is 0 Å². The lowest BCUT2D eigenvalue weighted by Crippen LogP contribution is -2.39.